The topological polar surface area (TPSA) is 40.9 Å². The lowest BCUT2D eigenvalue weighted by atomic mass is 9.92. The van der Waals surface area contributed by atoms with Gasteiger partial charge in [0.25, 0.3) is 0 Å². The van der Waals surface area contributed by atoms with Crippen LogP contribution in [0.5, 0.6) is 0 Å². The second-order valence-corrected chi connectivity index (χ2v) is 5.70. The molecule has 100 valence electrons. The zero-order valence-electron chi connectivity index (χ0n) is 10.1. The van der Waals surface area contributed by atoms with Gasteiger partial charge in [0.1, 0.15) is 11.7 Å². The predicted octanol–water partition coefficient (Wildman–Crippen LogP) is 4.57. The van der Waals surface area contributed by atoms with E-state index in [1.807, 2.05) is 28.7 Å². The fourth-order valence-electron chi connectivity index (χ4n) is 1.78. The van der Waals surface area contributed by atoms with Gasteiger partial charge in [0.15, 0.2) is 5.78 Å². The van der Waals surface area contributed by atoms with Crippen LogP contribution in [0.4, 0.5) is 4.39 Å². The molecule has 2 aromatic carbocycles. The van der Waals surface area contributed by atoms with Gasteiger partial charge in [0, 0.05) is 14.2 Å². The third-order valence-electron chi connectivity index (χ3n) is 2.79. The van der Waals surface area contributed by atoms with Crippen molar-refractivity contribution < 1.29 is 9.18 Å². The van der Waals surface area contributed by atoms with Gasteiger partial charge in [-0.05, 0) is 58.5 Å². The molecule has 0 amide bonds. The predicted molar refractivity (Wildman–Crippen MR) is 83.3 cm³/mol. The molecule has 5 heteroatoms. The molecule has 0 spiro atoms. The Morgan fingerprint density at radius 1 is 1.25 bits per heavy atom. The van der Waals surface area contributed by atoms with Gasteiger partial charge in [-0.3, -0.25) is 4.79 Å². The molecule has 0 fully saturated rings. The first-order valence-electron chi connectivity index (χ1n) is 5.67. The average Bonchev–Trinajstić information content (AvgIpc) is 2.41. The van der Waals surface area contributed by atoms with Crippen molar-refractivity contribution in [3.63, 3.8) is 0 Å². The molecule has 0 saturated carbocycles. The molecule has 2 nitrogen and oxygen atoms in total. The molecule has 0 aromatic heterocycles. The van der Waals surface area contributed by atoms with Crippen LogP contribution in [0.1, 0.15) is 21.8 Å². The number of halogens is 3. The second kappa shape index (κ2) is 6.33. The highest BCUT2D eigenvalue weighted by Gasteiger charge is 2.23. The Hall–Kier alpha value is -1.45. The molecule has 0 N–H and O–H groups in total. The summed E-state index contributed by atoms with van der Waals surface area (Å²) >= 11 is 7.67. The molecule has 0 aliphatic carbocycles. The molecule has 0 bridgehead atoms. The minimum absolute atomic E-state index is 0.341. The number of nitriles is 1. The van der Waals surface area contributed by atoms with Gasteiger partial charge in [-0.25, -0.2) is 4.39 Å². The summed E-state index contributed by atoms with van der Waals surface area (Å²) in [5.74, 6) is -1.68. The number of carbonyl (C=O) groups is 1. The van der Waals surface area contributed by atoms with Crippen LogP contribution in [-0.2, 0) is 0 Å². The van der Waals surface area contributed by atoms with Gasteiger partial charge in [-0.2, -0.15) is 5.26 Å². The third kappa shape index (κ3) is 3.17. The second-order valence-electron chi connectivity index (χ2n) is 4.10. The van der Waals surface area contributed by atoms with Crippen molar-refractivity contribution in [1.82, 2.24) is 0 Å². The summed E-state index contributed by atoms with van der Waals surface area (Å²) in [5, 5.41) is 9.78. The molecule has 2 rings (SSSR count). The Morgan fingerprint density at radius 2 is 1.90 bits per heavy atom. The maximum absolute atomic E-state index is 13.1. The van der Waals surface area contributed by atoms with Gasteiger partial charge in [0.05, 0.1) is 6.07 Å². The zero-order valence-corrected chi connectivity index (χ0v) is 13.0. The number of carbonyl (C=O) groups excluding carboxylic acids is 1. The van der Waals surface area contributed by atoms with E-state index in [4.69, 9.17) is 11.6 Å². The lowest BCUT2D eigenvalue weighted by Crippen LogP contribution is -2.12. The van der Waals surface area contributed by atoms with Crippen molar-refractivity contribution in [2.45, 2.75) is 5.92 Å². The number of ketones is 1. The quantitative estimate of drug-likeness (QED) is 0.560. The third-order valence-corrected chi connectivity index (χ3v) is 3.94. The normalized spacial score (nSPS) is 11.7. The van der Waals surface area contributed by atoms with Gasteiger partial charge in [-0.1, -0.05) is 23.7 Å². The van der Waals surface area contributed by atoms with Crippen molar-refractivity contribution in [3.05, 3.63) is 68.0 Å². The van der Waals surface area contributed by atoms with E-state index in [-0.39, 0.29) is 5.78 Å². The summed E-state index contributed by atoms with van der Waals surface area (Å²) in [6.45, 7) is 0. The molecule has 0 saturated heterocycles. The first-order chi connectivity index (χ1) is 9.52. The van der Waals surface area contributed by atoms with Gasteiger partial charge < -0.3 is 0 Å². The number of rotatable bonds is 3. The van der Waals surface area contributed by atoms with Crippen molar-refractivity contribution in [2.75, 3.05) is 0 Å². The van der Waals surface area contributed by atoms with Crippen molar-refractivity contribution in [2.24, 2.45) is 0 Å². The van der Waals surface area contributed by atoms with Crippen LogP contribution in [0.3, 0.4) is 0 Å². The fraction of sp³-hybridized carbons (Fsp3) is 0.0667. The minimum atomic E-state index is -0.925. The molecular formula is C15H8ClFINO. The maximum atomic E-state index is 13.1. The van der Waals surface area contributed by atoms with E-state index < -0.39 is 11.7 Å². The van der Waals surface area contributed by atoms with E-state index in [2.05, 4.69) is 0 Å². The SMILES string of the molecule is N#CC(C(=O)c1ccc(F)cc1I)c1ccc(Cl)cc1. The summed E-state index contributed by atoms with van der Waals surface area (Å²) in [7, 11) is 0. The van der Waals surface area contributed by atoms with E-state index in [0.717, 1.165) is 0 Å². The summed E-state index contributed by atoms with van der Waals surface area (Å²) in [4.78, 5) is 12.4. The molecule has 1 unspecified atom stereocenters. The molecular weight excluding hydrogens is 392 g/mol. The van der Waals surface area contributed by atoms with Crippen LogP contribution in [0.15, 0.2) is 42.5 Å². The minimum Gasteiger partial charge on any atom is -0.292 e. The molecule has 0 aliphatic heterocycles. The van der Waals surface area contributed by atoms with Crippen LogP contribution in [0.25, 0.3) is 0 Å². The molecule has 0 aliphatic rings. The van der Waals surface area contributed by atoms with Gasteiger partial charge in [-0.15, -0.1) is 0 Å². The van der Waals surface area contributed by atoms with Crippen LogP contribution >= 0.6 is 34.2 Å². The standard InChI is InChI=1S/C15H8ClFINO/c16-10-3-1-9(2-4-10)13(8-19)15(20)12-6-5-11(17)7-14(12)18/h1-7,13H. The van der Waals surface area contributed by atoms with E-state index in [9.17, 15) is 14.4 Å². The number of benzene rings is 2. The molecule has 20 heavy (non-hydrogen) atoms. The highest BCUT2D eigenvalue weighted by atomic mass is 127. The first kappa shape index (κ1) is 14.9. The van der Waals surface area contributed by atoms with Crippen LogP contribution in [0, 0.1) is 20.7 Å². The van der Waals surface area contributed by atoms with Crippen LogP contribution in [0.2, 0.25) is 5.02 Å². The molecule has 0 heterocycles. The van der Waals surface area contributed by atoms with Gasteiger partial charge in [0.2, 0.25) is 0 Å². The summed E-state index contributed by atoms with van der Waals surface area (Å²) in [6, 6.07) is 12.4. The lowest BCUT2D eigenvalue weighted by Gasteiger charge is -2.10. The number of Topliss-reactive ketones (excluding diaryl/α,β-unsaturated/α-hetero) is 1. The van der Waals surface area contributed by atoms with E-state index in [1.54, 1.807) is 24.3 Å². The lowest BCUT2D eigenvalue weighted by molar-refractivity contribution is 0.0978. The number of hydrogen-bond donors (Lipinski definition) is 0. The highest BCUT2D eigenvalue weighted by Crippen LogP contribution is 2.25. The molecule has 0 radical (unpaired) electrons. The fourth-order valence-corrected chi connectivity index (χ4v) is 2.65. The molecule has 2 aromatic rings. The Morgan fingerprint density at radius 3 is 2.45 bits per heavy atom. The Balaban J connectivity index is 2.39. The Labute approximate surface area is 134 Å². The van der Waals surface area contributed by atoms with Crippen LogP contribution < -0.4 is 0 Å². The summed E-state index contributed by atoms with van der Waals surface area (Å²) in [5.41, 5.74) is 0.913. The largest absolute Gasteiger partial charge is 0.292 e. The Bertz CT molecular complexity index is 694. The zero-order chi connectivity index (χ0) is 14.7. The van der Waals surface area contributed by atoms with Crippen molar-refractivity contribution in [3.8, 4) is 6.07 Å². The van der Waals surface area contributed by atoms with Crippen molar-refractivity contribution >= 4 is 40.0 Å². The summed E-state index contributed by atoms with van der Waals surface area (Å²) in [6.07, 6.45) is 0. The van der Waals surface area contributed by atoms with Crippen LogP contribution in [-0.4, -0.2) is 5.78 Å². The van der Waals surface area contributed by atoms with E-state index >= 15 is 0 Å². The maximum Gasteiger partial charge on any atom is 0.185 e. The van der Waals surface area contributed by atoms with E-state index in [1.165, 1.54) is 18.2 Å². The number of hydrogen-bond acceptors (Lipinski definition) is 2. The van der Waals surface area contributed by atoms with Gasteiger partial charge >= 0.3 is 0 Å². The smallest absolute Gasteiger partial charge is 0.185 e. The Kier molecular flexibility index (Phi) is 4.73. The summed E-state index contributed by atoms with van der Waals surface area (Å²) < 4.78 is 13.6. The molecule has 1 atom stereocenters. The highest BCUT2D eigenvalue weighted by molar-refractivity contribution is 14.1. The average molecular weight is 400 g/mol. The number of nitrogens with zero attached hydrogens (tertiary/aromatic N) is 1. The van der Waals surface area contributed by atoms with E-state index in [0.29, 0.717) is 19.7 Å². The monoisotopic (exact) mass is 399 g/mol. The first-order valence-corrected chi connectivity index (χ1v) is 7.13. The van der Waals surface area contributed by atoms with Crippen molar-refractivity contribution in [1.29, 1.82) is 5.26 Å².